The minimum atomic E-state index is -0.279. The molecule has 1 aliphatic heterocycles. The van der Waals surface area contributed by atoms with E-state index in [9.17, 15) is 9.18 Å². The average Bonchev–Trinajstić information content (AvgIpc) is 2.67. The van der Waals surface area contributed by atoms with E-state index in [4.69, 9.17) is 9.47 Å². The van der Waals surface area contributed by atoms with Crippen molar-refractivity contribution in [1.29, 1.82) is 0 Å². The van der Waals surface area contributed by atoms with E-state index in [1.807, 2.05) is 37.1 Å². The molecule has 144 valence electrons. The maximum Gasteiger partial charge on any atom is 0.236 e. The molecule has 5 nitrogen and oxygen atoms in total. The van der Waals surface area contributed by atoms with Gasteiger partial charge in [-0.25, -0.2) is 4.39 Å². The van der Waals surface area contributed by atoms with Gasteiger partial charge < -0.3 is 14.4 Å². The number of amides is 1. The van der Waals surface area contributed by atoms with E-state index in [1.54, 1.807) is 24.1 Å². The van der Waals surface area contributed by atoms with E-state index in [0.717, 1.165) is 22.6 Å². The first kappa shape index (κ1) is 19.2. The van der Waals surface area contributed by atoms with Gasteiger partial charge in [0.25, 0.3) is 0 Å². The van der Waals surface area contributed by atoms with E-state index in [0.29, 0.717) is 19.8 Å². The van der Waals surface area contributed by atoms with E-state index >= 15 is 0 Å². The molecular weight excluding hydrogens is 347 g/mol. The monoisotopic (exact) mass is 372 g/mol. The third-order valence-electron chi connectivity index (χ3n) is 4.79. The Balaban J connectivity index is 1.57. The number of hydrogen-bond acceptors (Lipinski definition) is 4. The van der Waals surface area contributed by atoms with Crippen LogP contribution in [0, 0.1) is 5.82 Å². The lowest BCUT2D eigenvalue weighted by molar-refractivity contribution is -0.132. The molecule has 1 amide bonds. The highest BCUT2D eigenvalue weighted by Gasteiger charge is 2.19. The summed E-state index contributed by atoms with van der Waals surface area (Å²) in [6.45, 7) is 3.97. The lowest BCUT2D eigenvalue weighted by atomic mass is 10.1. The Kier molecular flexibility index (Phi) is 5.96. The van der Waals surface area contributed by atoms with E-state index in [1.165, 1.54) is 12.1 Å². The van der Waals surface area contributed by atoms with Gasteiger partial charge in [0.1, 0.15) is 19.0 Å². The molecule has 0 radical (unpaired) electrons. The van der Waals surface area contributed by atoms with Crippen molar-refractivity contribution >= 4 is 5.91 Å². The first-order chi connectivity index (χ1) is 12.9. The molecule has 0 saturated carbocycles. The lowest BCUT2D eigenvalue weighted by Gasteiger charge is -2.28. The van der Waals surface area contributed by atoms with Gasteiger partial charge in [0.2, 0.25) is 5.91 Å². The molecular formula is C21H25FN2O3. The van der Waals surface area contributed by atoms with Crippen LogP contribution < -0.4 is 9.47 Å². The number of hydrogen-bond donors (Lipinski definition) is 0. The van der Waals surface area contributed by atoms with Gasteiger partial charge in [-0.2, -0.15) is 0 Å². The molecule has 0 bridgehead atoms. The van der Waals surface area contributed by atoms with Crippen LogP contribution in [0.5, 0.6) is 11.5 Å². The highest BCUT2D eigenvalue weighted by Crippen LogP contribution is 2.31. The summed E-state index contributed by atoms with van der Waals surface area (Å²) in [6, 6.07) is 12.0. The van der Waals surface area contributed by atoms with Gasteiger partial charge in [-0.3, -0.25) is 9.69 Å². The Morgan fingerprint density at radius 3 is 2.44 bits per heavy atom. The number of ether oxygens (including phenoxy) is 2. The van der Waals surface area contributed by atoms with Crippen molar-refractivity contribution < 1.29 is 18.7 Å². The van der Waals surface area contributed by atoms with Crippen molar-refractivity contribution in [2.24, 2.45) is 0 Å². The van der Waals surface area contributed by atoms with Crippen molar-refractivity contribution in [3.63, 3.8) is 0 Å². The number of carbonyl (C=O) groups excluding carboxylic acids is 1. The van der Waals surface area contributed by atoms with E-state index in [-0.39, 0.29) is 24.3 Å². The van der Waals surface area contributed by atoms with Crippen molar-refractivity contribution in [3.8, 4) is 11.5 Å². The van der Waals surface area contributed by atoms with Crippen LogP contribution in [0.1, 0.15) is 24.1 Å². The Morgan fingerprint density at radius 2 is 1.74 bits per heavy atom. The number of carbonyl (C=O) groups is 1. The summed E-state index contributed by atoms with van der Waals surface area (Å²) in [5.74, 6) is 1.24. The quantitative estimate of drug-likeness (QED) is 0.781. The fourth-order valence-corrected chi connectivity index (χ4v) is 3.08. The molecule has 0 saturated heterocycles. The molecule has 0 spiro atoms. The summed E-state index contributed by atoms with van der Waals surface area (Å²) in [5, 5.41) is 0. The van der Waals surface area contributed by atoms with Crippen LogP contribution in [0.25, 0.3) is 0 Å². The van der Waals surface area contributed by atoms with Crippen LogP contribution in [-0.2, 0) is 11.3 Å². The zero-order valence-electron chi connectivity index (χ0n) is 15.9. The standard InChI is InChI=1S/C21H25FN2O3/c1-15(17-5-7-18(22)8-6-17)24(3)21(25)14-23(2)13-16-4-9-19-20(12-16)27-11-10-26-19/h4-9,12,15H,10-11,13-14H2,1-3H3/t15-/m1/s1. The van der Waals surface area contributed by atoms with Crippen molar-refractivity contribution in [1.82, 2.24) is 9.80 Å². The fourth-order valence-electron chi connectivity index (χ4n) is 3.08. The number of benzene rings is 2. The third-order valence-corrected chi connectivity index (χ3v) is 4.79. The normalized spacial score (nSPS) is 14.1. The van der Waals surface area contributed by atoms with Crippen LogP contribution in [0.2, 0.25) is 0 Å². The van der Waals surface area contributed by atoms with Crippen LogP contribution in [0.15, 0.2) is 42.5 Å². The molecule has 1 heterocycles. The predicted molar refractivity (Wildman–Crippen MR) is 101 cm³/mol. The molecule has 27 heavy (non-hydrogen) atoms. The Labute approximate surface area is 159 Å². The molecule has 0 N–H and O–H groups in total. The van der Waals surface area contributed by atoms with E-state index < -0.39 is 0 Å². The van der Waals surface area contributed by atoms with Crippen LogP contribution in [0.4, 0.5) is 4.39 Å². The zero-order chi connectivity index (χ0) is 19.4. The molecule has 0 aliphatic carbocycles. The fraction of sp³-hybridized carbons (Fsp3) is 0.381. The van der Waals surface area contributed by atoms with Gasteiger partial charge in [-0.05, 0) is 49.4 Å². The Hall–Kier alpha value is -2.60. The molecule has 1 aliphatic rings. The molecule has 2 aromatic carbocycles. The highest BCUT2D eigenvalue weighted by molar-refractivity contribution is 5.78. The second kappa shape index (κ2) is 8.39. The van der Waals surface area contributed by atoms with E-state index in [2.05, 4.69) is 0 Å². The van der Waals surface area contributed by atoms with Crippen LogP contribution in [0.3, 0.4) is 0 Å². The van der Waals surface area contributed by atoms with Gasteiger partial charge in [-0.1, -0.05) is 18.2 Å². The second-order valence-corrected chi connectivity index (χ2v) is 6.88. The summed E-state index contributed by atoms with van der Waals surface area (Å²) in [5.41, 5.74) is 1.96. The Morgan fingerprint density at radius 1 is 1.07 bits per heavy atom. The summed E-state index contributed by atoms with van der Waals surface area (Å²) in [7, 11) is 3.68. The van der Waals surface area contributed by atoms with Gasteiger partial charge in [-0.15, -0.1) is 0 Å². The first-order valence-corrected chi connectivity index (χ1v) is 9.02. The van der Waals surface area contributed by atoms with Gasteiger partial charge >= 0.3 is 0 Å². The minimum Gasteiger partial charge on any atom is -0.486 e. The second-order valence-electron chi connectivity index (χ2n) is 6.88. The summed E-state index contributed by atoms with van der Waals surface area (Å²) in [6.07, 6.45) is 0. The maximum absolute atomic E-state index is 13.1. The SMILES string of the molecule is C[C@H](c1ccc(F)cc1)N(C)C(=O)CN(C)Cc1ccc2c(c1)OCCO2. The van der Waals surface area contributed by atoms with Crippen molar-refractivity contribution in [3.05, 3.63) is 59.4 Å². The summed E-state index contributed by atoms with van der Waals surface area (Å²) < 4.78 is 24.2. The molecule has 1 atom stereocenters. The largest absolute Gasteiger partial charge is 0.486 e. The number of rotatable bonds is 6. The van der Waals surface area contributed by atoms with Crippen LogP contribution >= 0.6 is 0 Å². The van der Waals surface area contributed by atoms with Crippen LogP contribution in [-0.4, -0.2) is 49.6 Å². The Bertz CT molecular complexity index is 795. The summed E-state index contributed by atoms with van der Waals surface area (Å²) >= 11 is 0. The predicted octanol–water partition coefficient (Wildman–Crippen LogP) is 3.25. The zero-order valence-corrected chi connectivity index (χ0v) is 15.9. The molecule has 2 aromatic rings. The van der Waals surface area contributed by atoms with Gasteiger partial charge in [0.05, 0.1) is 12.6 Å². The average molecular weight is 372 g/mol. The molecule has 0 unspecified atom stereocenters. The maximum atomic E-state index is 13.1. The number of halogens is 1. The number of fused-ring (bicyclic) bond motifs is 1. The van der Waals surface area contributed by atoms with Crippen molar-refractivity contribution in [2.75, 3.05) is 33.9 Å². The molecule has 0 fully saturated rings. The minimum absolute atomic E-state index is 0.00636. The lowest BCUT2D eigenvalue weighted by Crippen LogP contribution is -2.37. The van der Waals surface area contributed by atoms with Crippen molar-refractivity contribution in [2.45, 2.75) is 19.5 Å². The third kappa shape index (κ3) is 4.77. The smallest absolute Gasteiger partial charge is 0.236 e. The topological polar surface area (TPSA) is 42.0 Å². The van der Waals surface area contributed by atoms with Gasteiger partial charge in [0.15, 0.2) is 11.5 Å². The molecule has 6 heteroatoms. The number of likely N-dealkylation sites (N-methyl/N-ethyl adjacent to an activating group) is 2. The van der Waals surface area contributed by atoms with Gasteiger partial charge in [0, 0.05) is 13.6 Å². The summed E-state index contributed by atoms with van der Waals surface area (Å²) in [4.78, 5) is 16.3. The molecule has 0 aromatic heterocycles. The first-order valence-electron chi connectivity index (χ1n) is 9.02. The highest BCUT2D eigenvalue weighted by atomic mass is 19.1. The number of nitrogens with zero attached hydrogens (tertiary/aromatic N) is 2. The molecule has 3 rings (SSSR count).